The van der Waals surface area contributed by atoms with Crippen LogP contribution in [0.5, 0.6) is 0 Å². The Kier molecular flexibility index (Phi) is 3.95. The first kappa shape index (κ1) is 15.0. The maximum atomic E-state index is 12.7. The molecule has 2 N–H and O–H groups in total. The van der Waals surface area contributed by atoms with Crippen LogP contribution in [-0.4, -0.2) is 15.7 Å². The quantitative estimate of drug-likeness (QED) is 0.577. The molecule has 3 aromatic rings. The van der Waals surface area contributed by atoms with E-state index in [1.165, 1.54) is 6.07 Å². The zero-order chi connectivity index (χ0) is 16.4. The molecule has 116 valence electrons. The minimum atomic E-state index is -0.637. The van der Waals surface area contributed by atoms with Crippen molar-refractivity contribution in [3.05, 3.63) is 81.8 Å². The van der Waals surface area contributed by atoms with E-state index in [1.807, 2.05) is 43.5 Å². The van der Waals surface area contributed by atoms with Gasteiger partial charge in [-0.15, -0.1) is 0 Å². The van der Waals surface area contributed by atoms with E-state index >= 15 is 0 Å². The van der Waals surface area contributed by atoms with Crippen molar-refractivity contribution >= 4 is 16.7 Å². The largest absolute Gasteiger partial charge is 0.310 e. The highest BCUT2D eigenvalue weighted by molar-refractivity contribution is 5.98. The Labute approximate surface area is 132 Å². The summed E-state index contributed by atoms with van der Waals surface area (Å²) in [7, 11) is 0. The molecule has 1 amide bonds. The summed E-state index contributed by atoms with van der Waals surface area (Å²) in [5.41, 5.74) is 3.64. The van der Waals surface area contributed by atoms with Gasteiger partial charge in [0.15, 0.2) is 0 Å². The van der Waals surface area contributed by atoms with Gasteiger partial charge in [-0.3, -0.25) is 14.8 Å². The van der Waals surface area contributed by atoms with Crippen LogP contribution in [0.4, 0.5) is 0 Å². The van der Waals surface area contributed by atoms with Crippen molar-refractivity contribution in [1.29, 1.82) is 0 Å². The van der Waals surface area contributed by atoms with E-state index in [0.717, 1.165) is 16.5 Å². The highest BCUT2D eigenvalue weighted by atomic mass is 16.5. The molecule has 1 heterocycles. The standard InChI is InChI=1S/C18H16N2O3/c1-12-10-20(11-13-5-3-2-4-6-13)18(22)16-9-14(17(21)19-23)7-8-15(12)16/h2-10,23H,11H2,1H3,(H,19,21). The number of fused-ring (bicyclic) bond motifs is 1. The predicted molar refractivity (Wildman–Crippen MR) is 87.7 cm³/mol. The first-order valence-corrected chi connectivity index (χ1v) is 7.22. The van der Waals surface area contributed by atoms with Gasteiger partial charge in [-0.2, -0.15) is 0 Å². The molecule has 0 bridgehead atoms. The molecule has 0 spiro atoms. The fourth-order valence-corrected chi connectivity index (χ4v) is 2.69. The normalized spacial score (nSPS) is 10.7. The summed E-state index contributed by atoms with van der Waals surface area (Å²) in [6, 6.07) is 14.5. The molecule has 0 aliphatic rings. The van der Waals surface area contributed by atoms with Crippen molar-refractivity contribution in [2.45, 2.75) is 13.5 Å². The number of hydrogen-bond donors (Lipinski definition) is 2. The number of hydroxylamine groups is 1. The minimum Gasteiger partial charge on any atom is -0.310 e. The second kappa shape index (κ2) is 6.06. The summed E-state index contributed by atoms with van der Waals surface area (Å²) in [6.07, 6.45) is 1.82. The Morgan fingerprint density at radius 2 is 1.87 bits per heavy atom. The summed E-state index contributed by atoms with van der Waals surface area (Å²) < 4.78 is 1.63. The molecule has 0 atom stereocenters. The molecule has 5 heteroatoms. The Hall–Kier alpha value is -2.92. The third-order valence-electron chi connectivity index (χ3n) is 3.84. The lowest BCUT2D eigenvalue weighted by Crippen LogP contribution is -2.22. The number of amides is 1. The number of carbonyl (C=O) groups excluding carboxylic acids is 1. The molecule has 5 nitrogen and oxygen atoms in total. The molecule has 0 aliphatic heterocycles. The minimum absolute atomic E-state index is 0.165. The van der Waals surface area contributed by atoms with Crippen molar-refractivity contribution in [2.24, 2.45) is 0 Å². The molecule has 2 aromatic carbocycles. The number of aromatic nitrogens is 1. The van der Waals surface area contributed by atoms with Crippen LogP contribution >= 0.6 is 0 Å². The Bertz CT molecular complexity index is 930. The average Bonchev–Trinajstić information content (AvgIpc) is 2.59. The molecule has 0 saturated heterocycles. The highest BCUT2D eigenvalue weighted by Gasteiger charge is 2.11. The van der Waals surface area contributed by atoms with Gasteiger partial charge >= 0.3 is 0 Å². The van der Waals surface area contributed by atoms with Crippen LogP contribution in [-0.2, 0) is 6.54 Å². The lowest BCUT2D eigenvalue weighted by Gasteiger charge is -2.11. The molecule has 0 radical (unpaired) electrons. The third-order valence-corrected chi connectivity index (χ3v) is 3.84. The monoisotopic (exact) mass is 308 g/mol. The SMILES string of the molecule is Cc1cn(Cc2ccccc2)c(=O)c2cc(C(=O)NO)ccc12. The van der Waals surface area contributed by atoms with Crippen LogP contribution < -0.4 is 11.0 Å². The van der Waals surface area contributed by atoms with Crippen molar-refractivity contribution in [3.63, 3.8) is 0 Å². The van der Waals surface area contributed by atoms with E-state index in [-0.39, 0.29) is 11.1 Å². The summed E-state index contributed by atoms with van der Waals surface area (Å²) in [4.78, 5) is 24.3. The summed E-state index contributed by atoms with van der Waals surface area (Å²) >= 11 is 0. The number of carbonyl (C=O) groups is 1. The molecule has 1 aromatic heterocycles. The van der Waals surface area contributed by atoms with Gasteiger partial charge in [-0.05, 0) is 35.6 Å². The molecular formula is C18H16N2O3. The van der Waals surface area contributed by atoms with Crippen molar-refractivity contribution in [1.82, 2.24) is 10.0 Å². The van der Waals surface area contributed by atoms with Crippen molar-refractivity contribution in [3.8, 4) is 0 Å². The molecule has 0 saturated carbocycles. The number of hydrogen-bond acceptors (Lipinski definition) is 3. The van der Waals surface area contributed by atoms with E-state index < -0.39 is 5.91 Å². The van der Waals surface area contributed by atoms with Gasteiger partial charge in [0.1, 0.15) is 0 Å². The number of nitrogens with zero attached hydrogens (tertiary/aromatic N) is 1. The number of rotatable bonds is 3. The van der Waals surface area contributed by atoms with Gasteiger partial charge in [0, 0.05) is 17.1 Å². The Balaban J connectivity index is 2.15. The fraction of sp³-hybridized carbons (Fsp3) is 0.111. The summed E-state index contributed by atoms with van der Waals surface area (Å²) in [5.74, 6) is -0.637. The van der Waals surface area contributed by atoms with Crippen LogP contribution in [0, 0.1) is 6.92 Å². The number of benzene rings is 2. The van der Waals surface area contributed by atoms with Crippen LogP contribution in [0.25, 0.3) is 10.8 Å². The molecule has 0 unspecified atom stereocenters. The predicted octanol–water partition coefficient (Wildman–Crippen LogP) is 2.48. The van der Waals surface area contributed by atoms with Gasteiger partial charge in [0.05, 0.1) is 6.54 Å². The molecular weight excluding hydrogens is 292 g/mol. The molecule has 3 rings (SSSR count). The maximum Gasteiger partial charge on any atom is 0.274 e. The van der Waals surface area contributed by atoms with E-state index in [2.05, 4.69) is 0 Å². The van der Waals surface area contributed by atoms with Crippen LogP contribution in [0.15, 0.2) is 59.5 Å². The van der Waals surface area contributed by atoms with Crippen LogP contribution in [0.3, 0.4) is 0 Å². The zero-order valence-corrected chi connectivity index (χ0v) is 12.6. The van der Waals surface area contributed by atoms with Gasteiger partial charge in [-0.1, -0.05) is 36.4 Å². The molecule has 23 heavy (non-hydrogen) atoms. The lowest BCUT2D eigenvalue weighted by atomic mass is 10.0. The molecule has 0 aliphatic carbocycles. The maximum absolute atomic E-state index is 12.7. The fourth-order valence-electron chi connectivity index (χ4n) is 2.69. The van der Waals surface area contributed by atoms with Crippen molar-refractivity contribution in [2.75, 3.05) is 0 Å². The zero-order valence-electron chi connectivity index (χ0n) is 12.6. The number of nitrogens with one attached hydrogen (secondary N) is 1. The molecule has 0 fully saturated rings. The van der Waals surface area contributed by atoms with Crippen LogP contribution in [0.1, 0.15) is 21.5 Å². The van der Waals surface area contributed by atoms with E-state index in [9.17, 15) is 9.59 Å². The lowest BCUT2D eigenvalue weighted by molar-refractivity contribution is 0.0706. The number of pyridine rings is 1. The van der Waals surface area contributed by atoms with E-state index in [4.69, 9.17) is 5.21 Å². The summed E-state index contributed by atoms with van der Waals surface area (Å²) in [5, 5.41) is 10.0. The highest BCUT2D eigenvalue weighted by Crippen LogP contribution is 2.17. The smallest absolute Gasteiger partial charge is 0.274 e. The Morgan fingerprint density at radius 3 is 2.57 bits per heavy atom. The average molecular weight is 308 g/mol. The number of aryl methyl sites for hydroxylation is 1. The third kappa shape index (κ3) is 2.86. The van der Waals surface area contributed by atoms with Gasteiger partial charge in [-0.25, -0.2) is 5.48 Å². The first-order chi connectivity index (χ1) is 11.1. The van der Waals surface area contributed by atoms with Gasteiger partial charge < -0.3 is 4.57 Å². The summed E-state index contributed by atoms with van der Waals surface area (Å²) in [6.45, 7) is 2.39. The van der Waals surface area contributed by atoms with Gasteiger partial charge in [0.25, 0.3) is 11.5 Å². The Morgan fingerprint density at radius 1 is 1.13 bits per heavy atom. The first-order valence-electron chi connectivity index (χ1n) is 7.22. The van der Waals surface area contributed by atoms with E-state index in [1.54, 1.807) is 22.2 Å². The van der Waals surface area contributed by atoms with Crippen molar-refractivity contribution < 1.29 is 10.0 Å². The van der Waals surface area contributed by atoms with Crippen LogP contribution in [0.2, 0.25) is 0 Å². The van der Waals surface area contributed by atoms with Gasteiger partial charge in [0.2, 0.25) is 0 Å². The topological polar surface area (TPSA) is 71.3 Å². The second-order valence-corrected chi connectivity index (χ2v) is 5.43. The second-order valence-electron chi connectivity index (χ2n) is 5.43. The van der Waals surface area contributed by atoms with E-state index in [0.29, 0.717) is 11.9 Å².